The van der Waals surface area contributed by atoms with E-state index in [0.29, 0.717) is 18.9 Å². The minimum atomic E-state index is -3.83. The highest BCUT2D eigenvalue weighted by atomic mass is 32.2. The van der Waals surface area contributed by atoms with Crippen molar-refractivity contribution in [2.75, 3.05) is 24.5 Å². The lowest BCUT2D eigenvalue weighted by Gasteiger charge is -2.10. The van der Waals surface area contributed by atoms with Gasteiger partial charge in [-0.1, -0.05) is 13.8 Å². The largest absolute Gasteiger partial charge is 0.494 e. The molecule has 0 radical (unpaired) electrons. The van der Waals surface area contributed by atoms with Crippen molar-refractivity contribution in [3.05, 3.63) is 54.1 Å². The summed E-state index contributed by atoms with van der Waals surface area (Å²) in [4.78, 5) is 35.4. The summed E-state index contributed by atoms with van der Waals surface area (Å²) in [6.07, 6.45) is 0. The molecule has 0 saturated carbocycles. The zero-order valence-corrected chi connectivity index (χ0v) is 19.4. The normalized spacial score (nSPS) is 10.9. The molecule has 0 spiro atoms. The van der Waals surface area contributed by atoms with E-state index in [1.807, 2.05) is 20.8 Å². The highest BCUT2D eigenvalue weighted by Crippen LogP contribution is 2.20. The predicted molar refractivity (Wildman–Crippen MR) is 122 cm³/mol. The molecule has 0 aliphatic rings. The SMILES string of the molecule is CCOc1ccc(S(=O)(=O)Nc2ccc(C(=O)OCC(=O)NC(=O)NCC(C)C)cc2)cc1. The van der Waals surface area contributed by atoms with E-state index in [0.717, 1.165) is 0 Å². The lowest BCUT2D eigenvalue weighted by Crippen LogP contribution is -2.42. The monoisotopic (exact) mass is 477 g/mol. The number of ether oxygens (including phenoxy) is 2. The number of nitrogens with one attached hydrogen (secondary N) is 3. The van der Waals surface area contributed by atoms with Crippen LogP contribution >= 0.6 is 0 Å². The van der Waals surface area contributed by atoms with Gasteiger partial charge in [-0.2, -0.15) is 0 Å². The number of hydrogen-bond acceptors (Lipinski definition) is 7. The van der Waals surface area contributed by atoms with Crippen molar-refractivity contribution < 1.29 is 32.3 Å². The number of sulfonamides is 1. The lowest BCUT2D eigenvalue weighted by atomic mass is 10.2. The second-order valence-electron chi connectivity index (χ2n) is 7.32. The average molecular weight is 478 g/mol. The van der Waals surface area contributed by atoms with E-state index in [1.54, 1.807) is 12.1 Å². The molecular weight excluding hydrogens is 450 g/mol. The van der Waals surface area contributed by atoms with Crippen molar-refractivity contribution in [3.63, 3.8) is 0 Å². The highest BCUT2D eigenvalue weighted by molar-refractivity contribution is 7.92. The quantitative estimate of drug-likeness (QED) is 0.447. The molecular formula is C22H27N3O7S. The molecule has 10 nitrogen and oxygen atoms in total. The maximum Gasteiger partial charge on any atom is 0.338 e. The first kappa shape index (κ1) is 25.7. The fourth-order valence-electron chi connectivity index (χ4n) is 2.49. The van der Waals surface area contributed by atoms with Crippen molar-refractivity contribution in [2.45, 2.75) is 25.7 Å². The van der Waals surface area contributed by atoms with Gasteiger partial charge in [0, 0.05) is 12.2 Å². The third kappa shape index (κ3) is 8.45. The highest BCUT2D eigenvalue weighted by Gasteiger charge is 2.16. The molecule has 178 valence electrons. The molecule has 2 aromatic carbocycles. The number of amides is 3. The predicted octanol–water partition coefficient (Wildman–Crippen LogP) is 2.52. The molecule has 0 aromatic heterocycles. The fraction of sp³-hybridized carbons (Fsp3) is 0.318. The van der Waals surface area contributed by atoms with Crippen molar-refractivity contribution in [3.8, 4) is 5.75 Å². The maximum absolute atomic E-state index is 12.5. The van der Waals surface area contributed by atoms with E-state index in [4.69, 9.17) is 9.47 Å². The molecule has 0 heterocycles. The Kier molecular flexibility index (Phi) is 9.22. The number of benzene rings is 2. The Labute approximate surface area is 192 Å². The van der Waals surface area contributed by atoms with Gasteiger partial charge in [0.05, 0.1) is 17.1 Å². The molecule has 0 fully saturated rings. The molecule has 2 rings (SSSR count). The number of hydrogen-bond donors (Lipinski definition) is 3. The molecule has 3 N–H and O–H groups in total. The van der Waals surface area contributed by atoms with E-state index in [1.165, 1.54) is 36.4 Å². The molecule has 0 aliphatic carbocycles. The van der Waals surface area contributed by atoms with Gasteiger partial charge in [0.1, 0.15) is 5.75 Å². The van der Waals surface area contributed by atoms with Gasteiger partial charge in [0.2, 0.25) is 0 Å². The van der Waals surface area contributed by atoms with Gasteiger partial charge in [-0.3, -0.25) is 14.8 Å². The Balaban J connectivity index is 1.89. The summed E-state index contributed by atoms with van der Waals surface area (Å²) in [6.45, 7) is 5.86. The maximum atomic E-state index is 12.5. The van der Waals surface area contributed by atoms with E-state index >= 15 is 0 Å². The van der Waals surface area contributed by atoms with Crippen molar-refractivity contribution >= 4 is 33.6 Å². The third-order valence-electron chi connectivity index (χ3n) is 4.08. The van der Waals surface area contributed by atoms with Crippen LogP contribution in [-0.2, 0) is 19.6 Å². The molecule has 3 amide bonds. The summed E-state index contributed by atoms with van der Waals surface area (Å²) in [6, 6.07) is 10.8. The van der Waals surface area contributed by atoms with Gasteiger partial charge >= 0.3 is 12.0 Å². The molecule has 11 heteroatoms. The second kappa shape index (κ2) is 11.9. The minimum absolute atomic E-state index is 0.0536. The van der Waals surface area contributed by atoms with Crippen LogP contribution in [0.25, 0.3) is 0 Å². The van der Waals surface area contributed by atoms with Crippen LogP contribution in [0, 0.1) is 5.92 Å². The second-order valence-corrected chi connectivity index (χ2v) is 9.00. The molecule has 0 atom stereocenters. The summed E-state index contributed by atoms with van der Waals surface area (Å²) in [5.41, 5.74) is 0.344. The zero-order valence-electron chi connectivity index (χ0n) is 18.6. The zero-order chi connectivity index (χ0) is 24.4. The van der Waals surface area contributed by atoms with Crippen LogP contribution in [0.4, 0.5) is 10.5 Å². The number of esters is 1. The summed E-state index contributed by atoms with van der Waals surface area (Å²) in [5, 5.41) is 4.56. The van der Waals surface area contributed by atoms with Gasteiger partial charge in [0.15, 0.2) is 6.61 Å². The Morgan fingerprint density at radius 1 is 0.970 bits per heavy atom. The number of carbonyl (C=O) groups is 3. The first-order valence-electron chi connectivity index (χ1n) is 10.2. The van der Waals surface area contributed by atoms with Gasteiger partial charge in [-0.15, -0.1) is 0 Å². The van der Waals surface area contributed by atoms with Crippen LogP contribution in [0.15, 0.2) is 53.4 Å². The Hall–Kier alpha value is -3.60. The molecule has 0 bridgehead atoms. The van der Waals surface area contributed by atoms with Gasteiger partial charge in [-0.25, -0.2) is 18.0 Å². The Morgan fingerprint density at radius 3 is 2.18 bits per heavy atom. The number of urea groups is 1. The van der Waals surface area contributed by atoms with Crippen molar-refractivity contribution in [1.29, 1.82) is 0 Å². The third-order valence-corrected chi connectivity index (χ3v) is 5.47. The number of rotatable bonds is 10. The molecule has 33 heavy (non-hydrogen) atoms. The average Bonchev–Trinajstić information content (AvgIpc) is 2.77. The summed E-state index contributed by atoms with van der Waals surface area (Å²) >= 11 is 0. The fourth-order valence-corrected chi connectivity index (χ4v) is 3.55. The molecule has 0 aliphatic heterocycles. The lowest BCUT2D eigenvalue weighted by molar-refractivity contribution is -0.123. The van der Waals surface area contributed by atoms with E-state index in [9.17, 15) is 22.8 Å². The van der Waals surface area contributed by atoms with Crippen LogP contribution in [0.3, 0.4) is 0 Å². The van der Waals surface area contributed by atoms with Crippen LogP contribution in [0.1, 0.15) is 31.1 Å². The van der Waals surface area contributed by atoms with E-state index < -0.39 is 34.5 Å². The van der Waals surface area contributed by atoms with E-state index in [2.05, 4.69) is 15.4 Å². The Morgan fingerprint density at radius 2 is 1.61 bits per heavy atom. The molecule has 0 saturated heterocycles. The van der Waals surface area contributed by atoms with Gasteiger partial charge in [0.25, 0.3) is 15.9 Å². The first-order chi connectivity index (χ1) is 15.6. The van der Waals surface area contributed by atoms with Crippen LogP contribution in [0.5, 0.6) is 5.75 Å². The van der Waals surface area contributed by atoms with Crippen LogP contribution in [0.2, 0.25) is 0 Å². The molecule has 2 aromatic rings. The number of imide groups is 1. The van der Waals surface area contributed by atoms with Crippen molar-refractivity contribution in [2.24, 2.45) is 5.92 Å². The topological polar surface area (TPSA) is 140 Å². The van der Waals surface area contributed by atoms with E-state index in [-0.39, 0.29) is 22.1 Å². The number of carbonyl (C=O) groups excluding carboxylic acids is 3. The van der Waals surface area contributed by atoms with Crippen LogP contribution < -0.4 is 20.1 Å². The Bertz CT molecular complexity index is 1070. The van der Waals surface area contributed by atoms with Gasteiger partial charge in [-0.05, 0) is 61.4 Å². The minimum Gasteiger partial charge on any atom is -0.494 e. The van der Waals surface area contributed by atoms with Gasteiger partial charge < -0.3 is 14.8 Å². The van der Waals surface area contributed by atoms with Crippen molar-refractivity contribution in [1.82, 2.24) is 10.6 Å². The standard InChI is InChI=1S/C22H27N3O7S/c1-4-31-18-9-11-19(12-10-18)33(29,30)25-17-7-5-16(6-8-17)21(27)32-14-20(26)24-22(28)23-13-15(2)3/h5-12,15,25H,4,13-14H2,1-3H3,(H2,23,24,26,28). The number of anilines is 1. The first-order valence-corrected chi connectivity index (χ1v) is 11.7. The molecule has 0 unspecified atom stereocenters. The van der Waals surface area contributed by atoms with Crippen LogP contribution in [-0.4, -0.2) is 46.1 Å². The summed E-state index contributed by atoms with van der Waals surface area (Å²) in [5.74, 6) is -0.792. The summed E-state index contributed by atoms with van der Waals surface area (Å²) < 4.78 is 37.6. The smallest absolute Gasteiger partial charge is 0.338 e. The summed E-state index contributed by atoms with van der Waals surface area (Å²) in [7, 11) is -3.83.